The highest BCUT2D eigenvalue weighted by atomic mass is 16.5. The number of ether oxygens (including phenoxy) is 1. The molecule has 2 atom stereocenters. The van der Waals surface area contributed by atoms with Crippen molar-refractivity contribution in [3.8, 4) is 0 Å². The van der Waals surface area contributed by atoms with E-state index in [1.165, 1.54) is 38.6 Å². The van der Waals surface area contributed by atoms with Crippen molar-refractivity contribution in [1.82, 2.24) is 4.90 Å². The molecule has 17 heavy (non-hydrogen) atoms. The Morgan fingerprint density at radius 2 is 2.24 bits per heavy atom. The van der Waals surface area contributed by atoms with E-state index in [1.54, 1.807) is 0 Å². The molecule has 0 aromatic heterocycles. The van der Waals surface area contributed by atoms with Crippen LogP contribution in [0.3, 0.4) is 0 Å². The van der Waals surface area contributed by atoms with Gasteiger partial charge in [-0.1, -0.05) is 19.8 Å². The van der Waals surface area contributed by atoms with Gasteiger partial charge in [-0.05, 0) is 32.2 Å². The first-order valence-corrected chi connectivity index (χ1v) is 7.31. The summed E-state index contributed by atoms with van der Waals surface area (Å²) in [6.45, 7) is 7.30. The van der Waals surface area contributed by atoms with Gasteiger partial charge in [0.2, 0.25) is 0 Å². The molecule has 0 aliphatic carbocycles. The fourth-order valence-electron chi connectivity index (χ4n) is 3.34. The molecule has 0 radical (unpaired) electrons. The highest BCUT2D eigenvalue weighted by Gasteiger charge is 2.36. The zero-order valence-electron chi connectivity index (χ0n) is 11.3. The molecule has 2 aliphatic rings. The average molecular weight is 240 g/mol. The van der Waals surface area contributed by atoms with Gasteiger partial charge in [0, 0.05) is 31.2 Å². The van der Waals surface area contributed by atoms with E-state index in [-0.39, 0.29) is 5.41 Å². The standard InChI is InChI=1S/C14H28N2O/c1-2-13-6-4-3-5-8-16(13)11-14(10-15)7-9-17-12-14/h13H,2-12,15H2,1H3. The first kappa shape index (κ1) is 13.3. The zero-order chi connectivity index (χ0) is 12.1. The van der Waals surface area contributed by atoms with Crippen LogP contribution in [0.1, 0.15) is 45.4 Å². The van der Waals surface area contributed by atoms with Crippen LogP contribution in [0.2, 0.25) is 0 Å². The highest BCUT2D eigenvalue weighted by molar-refractivity contribution is 4.89. The second-order valence-corrected chi connectivity index (χ2v) is 5.89. The monoisotopic (exact) mass is 240 g/mol. The quantitative estimate of drug-likeness (QED) is 0.817. The summed E-state index contributed by atoms with van der Waals surface area (Å²) in [7, 11) is 0. The number of nitrogens with two attached hydrogens (primary N) is 1. The van der Waals surface area contributed by atoms with Crippen LogP contribution in [-0.4, -0.2) is 43.8 Å². The van der Waals surface area contributed by atoms with Gasteiger partial charge in [0.15, 0.2) is 0 Å². The Kier molecular flexibility index (Phi) is 4.83. The fraction of sp³-hybridized carbons (Fsp3) is 1.00. The SMILES string of the molecule is CCC1CCCCCN1CC1(CN)CCOC1. The second-order valence-electron chi connectivity index (χ2n) is 5.89. The topological polar surface area (TPSA) is 38.5 Å². The lowest BCUT2D eigenvalue weighted by Crippen LogP contribution is -2.47. The summed E-state index contributed by atoms with van der Waals surface area (Å²) in [4.78, 5) is 2.70. The third-order valence-corrected chi connectivity index (χ3v) is 4.63. The van der Waals surface area contributed by atoms with E-state index in [4.69, 9.17) is 10.5 Å². The average Bonchev–Trinajstić information content (AvgIpc) is 2.70. The third-order valence-electron chi connectivity index (χ3n) is 4.63. The maximum absolute atomic E-state index is 6.01. The molecular formula is C14H28N2O. The van der Waals surface area contributed by atoms with Crippen LogP contribution in [0, 0.1) is 5.41 Å². The molecule has 100 valence electrons. The number of likely N-dealkylation sites (tertiary alicyclic amines) is 1. The molecule has 3 nitrogen and oxygen atoms in total. The molecule has 0 spiro atoms. The minimum atomic E-state index is 0.248. The molecule has 0 aromatic carbocycles. The minimum Gasteiger partial charge on any atom is -0.381 e. The number of hydrogen-bond donors (Lipinski definition) is 1. The van der Waals surface area contributed by atoms with Crippen molar-refractivity contribution in [2.75, 3.05) is 32.8 Å². The summed E-state index contributed by atoms with van der Waals surface area (Å²) in [5.74, 6) is 0. The van der Waals surface area contributed by atoms with Crippen molar-refractivity contribution < 1.29 is 4.74 Å². The Morgan fingerprint density at radius 3 is 2.88 bits per heavy atom. The molecule has 2 saturated heterocycles. The van der Waals surface area contributed by atoms with Gasteiger partial charge in [-0.2, -0.15) is 0 Å². The van der Waals surface area contributed by atoms with E-state index in [0.29, 0.717) is 0 Å². The van der Waals surface area contributed by atoms with Crippen LogP contribution in [-0.2, 0) is 4.74 Å². The molecule has 2 N–H and O–H groups in total. The van der Waals surface area contributed by atoms with Crippen molar-refractivity contribution in [3.05, 3.63) is 0 Å². The molecule has 3 heteroatoms. The van der Waals surface area contributed by atoms with Gasteiger partial charge >= 0.3 is 0 Å². The fourth-order valence-corrected chi connectivity index (χ4v) is 3.34. The summed E-state index contributed by atoms with van der Waals surface area (Å²) in [6, 6.07) is 0.779. The maximum atomic E-state index is 6.01. The summed E-state index contributed by atoms with van der Waals surface area (Å²) in [5.41, 5.74) is 6.25. The van der Waals surface area contributed by atoms with Gasteiger partial charge in [0.05, 0.1) is 6.61 Å². The molecule has 0 amide bonds. The first-order valence-electron chi connectivity index (χ1n) is 7.31. The van der Waals surface area contributed by atoms with Gasteiger partial charge in [-0.3, -0.25) is 4.90 Å². The Morgan fingerprint density at radius 1 is 1.35 bits per heavy atom. The summed E-state index contributed by atoms with van der Waals surface area (Å²) >= 11 is 0. The highest BCUT2D eigenvalue weighted by Crippen LogP contribution is 2.31. The summed E-state index contributed by atoms with van der Waals surface area (Å²) < 4.78 is 5.59. The molecule has 2 heterocycles. The summed E-state index contributed by atoms with van der Waals surface area (Å²) in [6.07, 6.45) is 7.97. The van der Waals surface area contributed by atoms with Crippen molar-refractivity contribution in [2.24, 2.45) is 11.1 Å². The molecule has 0 bridgehead atoms. The van der Waals surface area contributed by atoms with Gasteiger partial charge in [0.1, 0.15) is 0 Å². The lowest BCUT2D eigenvalue weighted by Gasteiger charge is -2.37. The summed E-state index contributed by atoms with van der Waals surface area (Å²) in [5, 5.41) is 0. The Hall–Kier alpha value is -0.120. The van der Waals surface area contributed by atoms with Gasteiger partial charge < -0.3 is 10.5 Å². The maximum Gasteiger partial charge on any atom is 0.0547 e. The van der Waals surface area contributed by atoms with Crippen molar-refractivity contribution in [2.45, 2.75) is 51.5 Å². The molecular weight excluding hydrogens is 212 g/mol. The lowest BCUT2D eigenvalue weighted by atomic mass is 9.86. The van der Waals surface area contributed by atoms with Gasteiger partial charge in [-0.25, -0.2) is 0 Å². The molecule has 2 aliphatic heterocycles. The normalized spacial score (nSPS) is 36.0. The Bertz CT molecular complexity index is 226. The van der Waals surface area contributed by atoms with E-state index in [2.05, 4.69) is 11.8 Å². The molecule has 2 rings (SSSR count). The van der Waals surface area contributed by atoms with Crippen LogP contribution in [0.5, 0.6) is 0 Å². The van der Waals surface area contributed by atoms with E-state index in [1.807, 2.05) is 0 Å². The van der Waals surface area contributed by atoms with Crippen molar-refractivity contribution >= 4 is 0 Å². The smallest absolute Gasteiger partial charge is 0.0547 e. The largest absolute Gasteiger partial charge is 0.381 e. The van der Waals surface area contributed by atoms with E-state index < -0.39 is 0 Å². The predicted molar refractivity (Wildman–Crippen MR) is 71.0 cm³/mol. The van der Waals surface area contributed by atoms with Crippen molar-refractivity contribution in [1.29, 1.82) is 0 Å². The predicted octanol–water partition coefficient (Wildman–Crippen LogP) is 2.01. The molecule has 2 unspecified atom stereocenters. The van der Waals surface area contributed by atoms with Gasteiger partial charge in [-0.15, -0.1) is 0 Å². The zero-order valence-corrected chi connectivity index (χ0v) is 11.3. The molecule has 0 aromatic rings. The van der Waals surface area contributed by atoms with Crippen LogP contribution in [0.25, 0.3) is 0 Å². The minimum absolute atomic E-state index is 0.248. The lowest BCUT2D eigenvalue weighted by molar-refractivity contribution is 0.0900. The number of nitrogens with zero attached hydrogens (tertiary/aromatic N) is 1. The number of hydrogen-bond acceptors (Lipinski definition) is 3. The van der Waals surface area contributed by atoms with Crippen LogP contribution in [0.15, 0.2) is 0 Å². The second kappa shape index (κ2) is 6.17. The third kappa shape index (κ3) is 3.21. The van der Waals surface area contributed by atoms with E-state index >= 15 is 0 Å². The number of rotatable bonds is 4. The van der Waals surface area contributed by atoms with Crippen molar-refractivity contribution in [3.63, 3.8) is 0 Å². The van der Waals surface area contributed by atoms with E-state index in [9.17, 15) is 0 Å². The molecule has 2 fully saturated rings. The van der Waals surface area contributed by atoms with Crippen LogP contribution >= 0.6 is 0 Å². The Balaban J connectivity index is 1.98. The van der Waals surface area contributed by atoms with Gasteiger partial charge in [0.25, 0.3) is 0 Å². The van der Waals surface area contributed by atoms with E-state index in [0.717, 1.165) is 38.8 Å². The first-order chi connectivity index (χ1) is 8.29. The van der Waals surface area contributed by atoms with Crippen LogP contribution in [0.4, 0.5) is 0 Å². The molecule has 0 saturated carbocycles. The Labute approximate surface area is 106 Å². The van der Waals surface area contributed by atoms with Crippen LogP contribution < -0.4 is 5.73 Å².